The Morgan fingerprint density at radius 3 is 0.500 bits per heavy atom. The number of carboxylic acids is 3. The van der Waals surface area contributed by atoms with Crippen LogP contribution in [0.4, 0.5) is 0 Å². The van der Waals surface area contributed by atoms with Gasteiger partial charge in [-0.1, -0.05) is 293 Å². The van der Waals surface area contributed by atoms with Gasteiger partial charge in [0.05, 0.1) is 0 Å². The van der Waals surface area contributed by atoms with E-state index in [4.69, 9.17) is 8.92 Å². The van der Waals surface area contributed by atoms with E-state index >= 15 is 0 Å². The standard InChI is InChI=1S/3C20H40O2.ClH.Sn/c3*1-4-7-10-11-12-13-14-15-18-20(19(21)22,16-8-5-2)17-9-6-3;;/h3*4-18H2,1-3H3,(H,21,22);1H;/q;;;;+4/p-4. The van der Waals surface area contributed by atoms with Gasteiger partial charge >= 0.3 is 30.3 Å². The molecule has 0 rings (SSSR count). The quantitative estimate of drug-likeness (QED) is 0.0442. The van der Waals surface area contributed by atoms with E-state index in [1.54, 1.807) is 0 Å². The van der Waals surface area contributed by atoms with Crippen molar-refractivity contribution in [2.45, 2.75) is 351 Å². The van der Waals surface area contributed by atoms with Crippen LogP contribution in [0.1, 0.15) is 351 Å². The first kappa shape index (κ1) is 74.0. The molecule has 0 saturated heterocycles. The zero-order valence-electron chi connectivity index (χ0n) is 47.1. The summed E-state index contributed by atoms with van der Waals surface area (Å²) < 4.78 is 0. The van der Waals surface area contributed by atoms with Gasteiger partial charge in [-0.05, 0) is 57.8 Å². The number of unbranched alkanes of at least 4 members (excludes halogenated alkanes) is 27. The number of carbonyl (C=O) groups is 3. The van der Waals surface area contributed by atoms with Gasteiger partial charge in [-0.2, -0.15) is 0 Å². The summed E-state index contributed by atoms with van der Waals surface area (Å²) >= 11 is 1.02. The van der Waals surface area contributed by atoms with Crippen molar-refractivity contribution < 1.29 is 29.7 Å². The van der Waals surface area contributed by atoms with Crippen molar-refractivity contribution in [1.29, 1.82) is 0 Å². The Hall–Kier alpha value is -0.501. The van der Waals surface area contributed by atoms with Crippen LogP contribution in [0.2, 0.25) is 0 Å². The second kappa shape index (κ2) is 55.8. The van der Waals surface area contributed by atoms with Crippen LogP contribution >= 0.6 is 8.92 Å². The maximum absolute atomic E-state index is 11.8. The summed E-state index contributed by atoms with van der Waals surface area (Å²) in [7, 11) is 4.73. The number of rotatable bonds is 48. The second-order valence-electron chi connectivity index (χ2n) is 21.0. The molecule has 0 N–H and O–H groups in total. The Morgan fingerprint density at radius 1 is 0.250 bits per heavy atom. The minimum absolute atomic E-state index is 0.547. The predicted molar refractivity (Wildman–Crippen MR) is 293 cm³/mol. The van der Waals surface area contributed by atoms with Crippen LogP contribution in [-0.2, 0) is 14.4 Å². The zero-order valence-corrected chi connectivity index (χ0v) is 50.8. The Labute approximate surface area is 442 Å². The molecule has 0 unspecified atom stereocenters. The van der Waals surface area contributed by atoms with Gasteiger partial charge in [0.15, 0.2) is 0 Å². The molecule has 0 amide bonds. The Balaban J connectivity index is -0.000000443. The third-order valence-electron chi connectivity index (χ3n) is 14.9. The third kappa shape index (κ3) is 42.0. The first-order chi connectivity index (χ1) is 32.9. The molecule has 0 fully saturated rings. The number of carbonyl (C=O) groups excluding carboxylic acids is 3. The monoisotopic (exact) mass is 1090 g/mol. The maximum atomic E-state index is 11.8. The van der Waals surface area contributed by atoms with Crippen molar-refractivity contribution in [2.75, 3.05) is 0 Å². The summed E-state index contributed by atoms with van der Waals surface area (Å²) in [5, 5.41) is 35.3. The molecule has 0 atom stereocenters. The number of hydrogen-bond acceptors (Lipinski definition) is 6. The fourth-order valence-corrected chi connectivity index (χ4v) is 9.93. The molecule has 8 heteroatoms. The van der Waals surface area contributed by atoms with Crippen LogP contribution in [0.5, 0.6) is 0 Å². The van der Waals surface area contributed by atoms with Gasteiger partial charge in [0.25, 0.3) is 0 Å². The van der Waals surface area contributed by atoms with Gasteiger partial charge in [0, 0.05) is 34.2 Å². The van der Waals surface area contributed by atoms with Crippen LogP contribution in [0.25, 0.3) is 0 Å². The van der Waals surface area contributed by atoms with Crippen molar-refractivity contribution in [3.8, 4) is 0 Å². The number of hydrogen-bond donors (Lipinski definition) is 0. The first-order valence-corrected chi connectivity index (χ1v) is 33.3. The molecule has 0 bridgehead atoms. The Morgan fingerprint density at radius 2 is 0.368 bits per heavy atom. The van der Waals surface area contributed by atoms with Crippen LogP contribution < -0.4 is 15.3 Å². The molecule has 0 aromatic carbocycles. The van der Waals surface area contributed by atoms with Gasteiger partial charge in [-0.25, -0.2) is 0 Å². The van der Waals surface area contributed by atoms with Gasteiger partial charge in [0.1, 0.15) is 0 Å². The average molecular weight is 1090 g/mol. The molecule has 0 heterocycles. The van der Waals surface area contributed by atoms with Crippen molar-refractivity contribution in [3.63, 3.8) is 0 Å². The van der Waals surface area contributed by atoms with Crippen LogP contribution in [0, 0.1) is 16.2 Å². The van der Waals surface area contributed by atoms with E-state index in [-0.39, 0.29) is 0 Å². The molecule has 68 heavy (non-hydrogen) atoms. The van der Waals surface area contributed by atoms with E-state index in [1.807, 2.05) is 0 Å². The molecule has 0 aliphatic rings. The van der Waals surface area contributed by atoms with Crippen molar-refractivity contribution in [3.05, 3.63) is 0 Å². The molecule has 0 aromatic heterocycles. The third-order valence-corrected chi connectivity index (χ3v) is 14.9. The molecular weight excluding hydrogens is 971 g/mol. The van der Waals surface area contributed by atoms with E-state index in [9.17, 15) is 29.7 Å². The minimum atomic E-state index is -0.794. The molecule has 0 aliphatic heterocycles. The number of halogens is 1. The summed E-state index contributed by atoms with van der Waals surface area (Å²) in [6.07, 6.45) is 50.2. The summed E-state index contributed by atoms with van der Waals surface area (Å²) in [5.74, 6) is -2.38. The van der Waals surface area contributed by atoms with E-state index in [2.05, 4.69) is 62.3 Å². The normalized spacial score (nSPS) is 11.5. The predicted octanol–water partition coefficient (Wildman–Crippen LogP) is 17.2. The van der Waals surface area contributed by atoms with Crippen molar-refractivity contribution >= 4 is 48.2 Å². The number of carboxylic acid groups (broad SMARTS) is 3. The van der Waals surface area contributed by atoms with E-state index in [0.717, 1.165) is 175 Å². The van der Waals surface area contributed by atoms with E-state index in [1.165, 1.54) is 135 Å². The van der Waals surface area contributed by atoms with Crippen molar-refractivity contribution in [2.24, 2.45) is 16.2 Å². The van der Waals surface area contributed by atoms with Crippen molar-refractivity contribution in [1.82, 2.24) is 0 Å². The SMILES string of the molecule is CCCCCCCCCCC(CCCC)(CCCC)C(=O)[O-].CCCCCCCCCCC(CCCC)(CCCC)C(=O)[O-].CCCCCCCCCCC(CCCC)(CCCC)C(=O)[O-].[Cl][Sn+3]. The fraction of sp³-hybridized carbons (Fsp3) is 0.950. The summed E-state index contributed by atoms with van der Waals surface area (Å²) in [4.78, 5) is 35.3. The topological polar surface area (TPSA) is 120 Å². The van der Waals surface area contributed by atoms with Gasteiger partial charge < -0.3 is 29.7 Å². The number of aliphatic carboxylic acids is 3. The molecule has 6 nitrogen and oxygen atoms in total. The molecule has 0 aromatic rings. The zero-order chi connectivity index (χ0) is 52.1. The molecular formula is C60H117ClO6Sn. The Kier molecular flexibility index (Phi) is 60.8. The molecule has 0 saturated carbocycles. The molecule has 0 aliphatic carbocycles. The van der Waals surface area contributed by atoms with Crippen LogP contribution in [0.15, 0.2) is 0 Å². The fourth-order valence-electron chi connectivity index (χ4n) is 9.93. The Bertz CT molecular complexity index is 901. The summed E-state index contributed by atoms with van der Waals surface area (Å²) in [6.45, 7) is 19.5. The summed E-state index contributed by atoms with van der Waals surface area (Å²) in [5.41, 5.74) is -1.64. The molecule has 0 spiro atoms. The molecule has 0 radical (unpaired) electrons. The van der Waals surface area contributed by atoms with E-state index in [0.29, 0.717) is 0 Å². The first-order valence-electron chi connectivity index (χ1n) is 29.7. The average Bonchev–Trinajstić information content (AvgIpc) is 3.34. The summed E-state index contributed by atoms with van der Waals surface area (Å²) in [6, 6.07) is 0. The van der Waals surface area contributed by atoms with Crippen LogP contribution in [-0.4, -0.2) is 39.3 Å². The molecule has 404 valence electrons. The van der Waals surface area contributed by atoms with Gasteiger partial charge in [0.2, 0.25) is 0 Å². The van der Waals surface area contributed by atoms with Crippen LogP contribution in [0.3, 0.4) is 0 Å². The second-order valence-corrected chi connectivity index (χ2v) is 21.0. The van der Waals surface area contributed by atoms with E-state index < -0.39 is 34.2 Å². The van der Waals surface area contributed by atoms with Gasteiger partial charge in [-0.15, -0.1) is 0 Å². The van der Waals surface area contributed by atoms with Gasteiger partial charge in [-0.3, -0.25) is 0 Å².